The zero-order chi connectivity index (χ0) is 23.1. The third kappa shape index (κ3) is 5.00. The van der Waals surface area contributed by atoms with Gasteiger partial charge in [-0.3, -0.25) is 0 Å². The molecule has 4 N–H and O–H groups in total. The quantitative estimate of drug-likeness (QED) is 0.199. The summed E-state index contributed by atoms with van der Waals surface area (Å²) in [6, 6.07) is 22.9. The van der Waals surface area contributed by atoms with Crippen molar-refractivity contribution in [1.82, 2.24) is 0 Å². The van der Waals surface area contributed by atoms with Crippen molar-refractivity contribution in [1.29, 1.82) is 10.7 Å². The van der Waals surface area contributed by atoms with E-state index < -0.39 is 5.97 Å². The first-order chi connectivity index (χ1) is 15.5. The highest BCUT2D eigenvalue weighted by atomic mass is 16.4. The molecule has 0 spiro atoms. The van der Waals surface area contributed by atoms with E-state index in [0.29, 0.717) is 16.8 Å². The Kier molecular flexibility index (Phi) is 6.99. The highest BCUT2D eigenvalue weighted by Crippen LogP contribution is 2.35. The maximum atomic E-state index is 10.8. The van der Waals surface area contributed by atoms with Crippen LogP contribution in [0.4, 0.5) is 5.69 Å². The standard InChI is InChI=1S/C27H23N3O2/c1-2-24(21-5-3-4-19(14-21)16-28)27(22-11-12-25(30)23(15-22)17-29)20-9-6-18(7-10-20)8-13-26(31)32/h3-15,17,29H,2,30H2,1H3,(H,31,32)/b13-8+,27-24+,29-17?. The highest BCUT2D eigenvalue weighted by Gasteiger charge is 2.15. The largest absolute Gasteiger partial charge is 0.478 e. The number of benzene rings is 3. The molecule has 0 aromatic heterocycles. The number of rotatable bonds is 7. The lowest BCUT2D eigenvalue weighted by atomic mass is 9.87. The molecule has 3 aromatic rings. The van der Waals surface area contributed by atoms with Gasteiger partial charge in [0.05, 0.1) is 11.6 Å². The van der Waals surface area contributed by atoms with Crippen molar-refractivity contribution >= 4 is 35.1 Å². The molecule has 32 heavy (non-hydrogen) atoms. The van der Waals surface area contributed by atoms with Crippen LogP contribution in [0, 0.1) is 16.7 Å². The summed E-state index contributed by atoms with van der Waals surface area (Å²) < 4.78 is 0. The summed E-state index contributed by atoms with van der Waals surface area (Å²) in [6.45, 7) is 2.06. The van der Waals surface area contributed by atoms with Crippen LogP contribution < -0.4 is 5.73 Å². The topological polar surface area (TPSA) is 111 Å². The minimum absolute atomic E-state index is 0.529. The number of nitrogens with two attached hydrogens (primary N) is 1. The normalized spacial score (nSPS) is 11.6. The molecule has 3 aromatic carbocycles. The first-order valence-corrected chi connectivity index (χ1v) is 10.1. The number of carboxylic acid groups (broad SMARTS) is 1. The Morgan fingerprint density at radius 3 is 2.41 bits per heavy atom. The minimum atomic E-state index is -0.999. The van der Waals surface area contributed by atoms with Crippen LogP contribution in [0.1, 0.15) is 46.7 Å². The van der Waals surface area contributed by atoms with Crippen molar-refractivity contribution in [3.05, 3.63) is 106 Å². The van der Waals surface area contributed by atoms with Crippen molar-refractivity contribution < 1.29 is 9.90 Å². The number of carboxylic acids is 1. The number of nitriles is 1. The average molecular weight is 422 g/mol. The van der Waals surface area contributed by atoms with Crippen molar-refractivity contribution in [3.8, 4) is 6.07 Å². The van der Waals surface area contributed by atoms with Gasteiger partial charge in [-0.25, -0.2) is 4.79 Å². The summed E-state index contributed by atoms with van der Waals surface area (Å²) >= 11 is 0. The second kappa shape index (κ2) is 10.1. The lowest BCUT2D eigenvalue weighted by Crippen LogP contribution is -1.99. The second-order valence-electron chi connectivity index (χ2n) is 7.18. The van der Waals surface area contributed by atoms with Gasteiger partial charge in [0.15, 0.2) is 0 Å². The third-order valence-corrected chi connectivity index (χ3v) is 5.14. The number of nitrogens with one attached hydrogen (secondary N) is 1. The summed E-state index contributed by atoms with van der Waals surface area (Å²) in [7, 11) is 0. The lowest BCUT2D eigenvalue weighted by Gasteiger charge is -2.17. The lowest BCUT2D eigenvalue weighted by molar-refractivity contribution is -0.131. The van der Waals surface area contributed by atoms with Crippen LogP contribution in [0.15, 0.2) is 72.8 Å². The van der Waals surface area contributed by atoms with Crippen LogP contribution in [0.5, 0.6) is 0 Å². The molecule has 0 saturated carbocycles. The van der Waals surface area contributed by atoms with Gasteiger partial charge in [-0.2, -0.15) is 5.26 Å². The molecule has 3 rings (SSSR count). The van der Waals surface area contributed by atoms with Gasteiger partial charge in [-0.05, 0) is 70.2 Å². The van der Waals surface area contributed by atoms with E-state index in [0.717, 1.165) is 45.9 Å². The van der Waals surface area contributed by atoms with E-state index in [9.17, 15) is 10.1 Å². The first kappa shape index (κ1) is 22.3. The van der Waals surface area contributed by atoms with E-state index in [1.54, 1.807) is 18.2 Å². The summed E-state index contributed by atoms with van der Waals surface area (Å²) in [6.07, 6.45) is 4.60. The van der Waals surface area contributed by atoms with Gasteiger partial charge in [-0.1, -0.05) is 49.4 Å². The molecule has 0 unspecified atom stereocenters. The van der Waals surface area contributed by atoms with Crippen molar-refractivity contribution in [3.63, 3.8) is 0 Å². The number of hydrogen-bond donors (Lipinski definition) is 3. The van der Waals surface area contributed by atoms with E-state index in [1.807, 2.05) is 54.6 Å². The summed E-state index contributed by atoms with van der Waals surface area (Å²) in [5.41, 5.74) is 13.4. The van der Waals surface area contributed by atoms with Gasteiger partial charge >= 0.3 is 5.97 Å². The van der Waals surface area contributed by atoms with Crippen LogP contribution in [0.2, 0.25) is 0 Å². The highest BCUT2D eigenvalue weighted by molar-refractivity contribution is 6.00. The predicted octanol–water partition coefficient (Wildman–Crippen LogP) is 5.61. The number of anilines is 1. The number of aliphatic carboxylic acids is 1. The fraction of sp³-hybridized carbons (Fsp3) is 0.0741. The molecule has 5 nitrogen and oxygen atoms in total. The van der Waals surface area contributed by atoms with Crippen LogP contribution >= 0.6 is 0 Å². The number of hydrogen-bond acceptors (Lipinski definition) is 4. The van der Waals surface area contributed by atoms with Gasteiger partial charge in [0.2, 0.25) is 0 Å². The van der Waals surface area contributed by atoms with Gasteiger partial charge < -0.3 is 16.2 Å². The van der Waals surface area contributed by atoms with Gasteiger partial charge in [-0.15, -0.1) is 0 Å². The monoisotopic (exact) mass is 421 g/mol. The molecule has 0 bridgehead atoms. The minimum Gasteiger partial charge on any atom is -0.478 e. The van der Waals surface area contributed by atoms with Crippen LogP contribution in [-0.4, -0.2) is 17.3 Å². The maximum absolute atomic E-state index is 10.8. The maximum Gasteiger partial charge on any atom is 0.328 e. The predicted molar refractivity (Wildman–Crippen MR) is 129 cm³/mol. The molecule has 0 heterocycles. The van der Waals surface area contributed by atoms with Gasteiger partial charge in [0.25, 0.3) is 0 Å². The average Bonchev–Trinajstić information content (AvgIpc) is 2.82. The van der Waals surface area contributed by atoms with Crippen LogP contribution in [-0.2, 0) is 4.79 Å². The van der Waals surface area contributed by atoms with E-state index in [2.05, 4.69) is 13.0 Å². The van der Waals surface area contributed by atoms with E-state index in [4.69, 9.17) is 16.2 Å². The molecule has 0 radical (unpaired) electrons. The number of nitrogen functional groups attached to an aromatic ring is 1. The number of nitrogens with zero attached hydrogens (tertiary/aromatic N) is 1. The first-order valence-electron chi connectivity index (χ1n) is 10.1. The van der Waals surface area contributed by atoms with Gasteiger partial charge in [0.1, 0.15) is 0 Å². The molecule has 0 saturated heterocycles. The Morgan fingerprint density at radius 1 is 1.06 bits per heavy atom. The molecular formula is C27H23N3O2. The Labute approximate surface area is 187 Å². The Balaban J connectivity index is 2.26. The fourth-order valence-electron chi connectivity index (χ4n) is 3.60. The molecular weight excluding hydrogens is 398 g/mol. The third-order valence-electron chi connectivity index (χ3n) is 5.14. The van der Waals surface area contributed by atoms with Crippen LogP contribution in [0.3, 0.4) is 0 Å². The molecule has 5 heteroatoms. The molecule has 158 valence electrons. The Morgan fingerprint density at radius 2 is 1.78 bits per heavy atom. The number of carbonyl (C=O) groups is 1. The van der Waals surface area contributed by atoms with E-state index >= 15 is 0 Å². The van der Waals surface area contributed by atoms with Crippen molar-refractivity contribution in [2.45, 2.75) is 13.3 Å². The molecule has 0 fully saturated rings. The van der Waals surface area contributed by atoms with Crippen molar-refractivity contribution in [2.75, 3.05) is 5.73 Å². The molecule has 0 aliphatic heterocycles. The van der Waals surface area contributed by atoms with E-state index in [1.165, 1.54) is 6.21 Å². The smallest absolute Gasteiger partial charge is 0.328 e. The molecule has 0 aliphatic carbocycles. The zero-order valence-corrected chi connectivity index (χ0v) is 17.7. The van der Waals surface area contributed by atoms with Crippen molar-refractivity contribution in [2.24, 2.45) is 0 Å². The second-order valence-corrected chi connectivity index (χ2v) is 7.18. The summed E-state index contributed by atoms with van der Waals surface area (Å²) in [4.78, 5) is 10.8. The molecule has 0 aliphatic rings. The molecule has 0 atom stereocenters. The summed E-state index contributed by atoms with van der Waals surface area (Å²) in [5.74, 6) is -0.999. The summed E-state index contributed by atoms with van der Waals surface area (Å²) in [5, 5.41) is 25.9. The van der Waals surface area contributed by atoms with Crippen LogP contribution in [0.25, 0.3) is 17.2 Å². The van der Waals surface area contributed by atoms with Gasteiger partial charge in [0, 0.05) is 23.5 Å². The Bertz CT molecular complexity index is 1260. The SMILES string of the molecule is CC/C(=C(/c1ccc(/C=C/C(=O)O)cc1)c1ccc(N)c(C=N)c1)c1cccc(C#N)c1. The Hall–Kier alpha value is -4.43. The number of allylic oxidation sites excluding steroid dienone is 1. The molecule has 0 amide bonds. The van der Waals surface area contributed by atoms with E-state index in [-0.39, 0.29) is 0 Å². The zero-order valence-electron chi connectivity index (χ0n) is 17.7. The fourth-order valence-corrected chi connectivity index (χ4v) is 3.60.